The Morgan fingerprint density at radius 1 is 1.38 bits per heavy atom. The summed E-state index contributed by atoms with van der Waals surface area (Å²) in [7, 11) is -3.41. The van der Waals surface area contributed by atoms with Crippen molar-refractivity contribution in [3.8, 4) is 0 Å². The fourth-order valence-electron chi connectivity index (χ4n) is 2.84. The van der Waals surface area contributed by atoms with Crippen molar-refractivity contribution in [3.63, 3.8) is 0 Å². The van der Waals surface area contributed by atoms with Gasteiger partial charge in [-0.25, -0.2) is 13.1 Å². The summed E-state index contributed by atoms with van der Waals surface area (Å²) in [6, 6.07) is 2.43. The molecule has 0 unspecified atom stereocenters. The molecule has 2 fully saturated rings. The molecule has 0 atom stereocenters. The lowest BCUT2D eigenvalue weighted by Gasteiger charge is -2.38. The molecule has 1 aromatic heterocycles. The first-order valence-corrected chi connectivity index (χ1v) is 9.37. The third-order valence-electron chi connectivity index (χ3n) is 4.60. The summed E-state index contributed by atoms with van der Waals surface area (Å²) in [5, 5.41) is 3.45. The van der Waals surface area contributed by atoms with Gasteiger partial charge < -0.3 is 9.88 Å². The fourth-order valence-corrected chi connectivity index (χ4v) is 4.37. The van der Waals surface area contributed by atoms with E-state index >= 15 is 0 Å². The molecule has 2 saturated carbocycles. The van der Waals surface area contributed by atoms with Crippen molar-refractivity contribution >= 4 is 10.0 Å². The van der Waals surface area contributed by atoms with Gasteiger partial charge in [0.05, 0.1) is 4.90 Å². The Bertz CT molecular complexity index is 613. The van der Waals surface area contributed by atoms with E-state index in [1.165, 1.54) is 12.8 Å². The molecule has 118 valence electrons. The standard InChI is InChI=1S/C15H25N3O2S/c1-3-18-11-14(9-13(18)10-16-12-5-6-12)21(19,20)17-15(2)7-4-8-15/h9,11-12,16-17H,3-8,10H2,1-2H3. The third kappa shape index (κ3) is 3.33. The Kier molecular flexibility index (Phi) is 3.88. The predicted molar refractivity (Wildman–Crippen MR) is 82.5 cm³/mol. The van der Waals surface area contributed by atoms with E-state index in [1.807, 2.05) is 24.5 Å². The van der Waals surface area contributed by atoms with Crippen LogP contribution < -0.4 is 10.0 Å². The summed E-state index contributed by atoms with van der Waals surface area (Å²) in [6.45, 7) is 5.55. The molecule has 2 aliphatic rings. The highest BCUT2D eigenvalue weighted by Crippen LogP contribution is 2.32. The van der Waals surface area contributed by atoms with E-state index in [-0.39, 0.29) is 5.54 Å². The maximum atomic E-state index is 12.5. The molecule has 0 radical (unpaired) electrons. The third-order valence-corrected chi connectivity index (χ3v) is 6.20. The zero-order valence-electron chi connectivity index (χ0n) is 12.9. The molecule has 3 rings (SSSR count). The topological polar surface area (TPSA) is 63.1 Å². The van der Waals surface area contributed by atoms with E-state index in [9.17, 15) is 8.42 Å². The summed E-state index contributed by atoms with van der Waals surface area (Å²) >= 11 is 0. The van der Waals surface area contributed by atoms with Crippen LogP contribution in [0.4, 0.5) is 0 Å². The lowest BCUT2D eigenvalue weighted by molar-refractivity contribution is 0.248. The van der Waals surface area contributed by atoms with Crippen molar-refractivity contribution < 1.29 is 8.42 Å². The van der Waals surface area contributed by atoms with Gasteiger partial charge in [-0.2, -0.15) is 0 Å². The molecular formula is C15H25N3O2S. The highest BCUT2D eigenvalue weighted by molar-refractivity contribution is 7.89. The SMILES string of the molecule is CCn1cc(S(=O)(=O)NC2(C)CCC2)cc1CNC1CC1. The lowest BCUT2D eigenvalue weighted by atomic mass is 9.80. The quantitative estimate of drug-likeness (QED) is 0.809. The zero-order chi connectivity index (χ0) is 15.1. The van der Waals surface area contributed by atoms with E-state index in [0.717, 1.165) is 38.0 Å². The van der Waals surface area contributed by atoms with Crippen molar-refractivity contribution in [1.82, 2.24) is 14.6 Å². The second-order valence-electron chi connectivity index (χ2n) is 6.63. The van der Waals surface area contributed by atoms with E-state index in [0.29, 0.717) is 10.9 Å². The van der Waals surface area contributed by atoms with Crippen molar-refractivity contribution in [3.05, 3.63) is 18.0 Å². The van der Waals surface area contributed by atoms with Gasteiger partial charge in [0.15, 0.2) is 0 Å². The largest absolute Gasteiger partial charge is 0.349 e. The smallest absolute Gasteiger partial charge is 0.242 e. The minimum Gasteiger partial charge on any atom is -0.349 e. The van der Waals surface area contributed by atoms with Gasteiger partial charge in [0.25, 0.3) is 0 Å². The van der Waals surface area contributed by atoms with Crippen LogP contribution in [0, 0.1) is 0 Å². The van der Waals surface area contributed by atoms with Crippen molar-refractivity contribution in [2.75, 3.05) is 0 Å². The monoisotopic (exact) mass is 311 g/mol. The molecule has 6 heteroatoms. The zero-order valence-corrected chi connectivity index (χ0v) is 13.7. The van der Waals surface area contributed by atoms with Gasteiger partial charge in [0.2, 0.25) is 10.0 Å². The van der Waals surface area contributed by atoms with Crippen LogP contribution in [0.15, 0.2) is 17.2 Å². The molecular weight excluding hydrogens is 286 g/mol. The molecule has 0 aliphatic heterocycles. The van der Waals surface area contributed by atoms with Gasteiger partial charge in [0.1, 0.15) is 0 Å². The fraction of sp³-hybridized carbons (Fsp3) is 0.733. The molecule has 2 aliphatic carbocycles. The highest BCUT2D eigenvalue weighted by Gasteiger charge is 2.36. The summed E-state index contributed by atoms with van der Waals surface area (Å²) in [6.07, 6.45) is 7.18. The molecule has 0 bridgehead atoms. The molecule has 2 N–H and O–H groups in total. The van der Waals surface area contributed by atoms with Crippen molar-refractivity contribution in [2.24, 2.45) is 0 Å². The molecule has 5 nitrogen and oxygen atoms in total. The molecule has 0 aromatic carbocycles. The number of nitrogens with one attached hydrogen (secondary N) is 2. The number of hydrogen-bond acceptors (Lipinski definition) is 3. The number of nitrogens with zero attached hydrogens (tertiary/aromatic N) is 1. The average molecular weight is 311 g/mol. The molecule has 0 amide bonds. The van der Waals surface area contributed by atoms with E-state index in [4.69, 9.17) is 0 Å². The Morgan fingerprint density at radius 2 is 2.10 bits per heavy atom. The Labute approximate surface area is 127 Å². The first-order valence-electron chi connectivity index (χ1n) is 7.88. The lowest BCUT2D eigenvalue weighted by Crippen LogP contribution is -2.50. The van der Waals surface area contributed by atoms with Crippen LogP contribution in [0.5, 0.6) is 0 Å². The first kappa shape index (κ1) is 15.1. The minimum atomic E-state index is -3.41. The van der Waals surface area contributed by atoms with Crippen LogP contribution >= 0.6 is 0 Å². The second-order valence-corrected chi connectivity index (χ2v) is 8.31. The molecule has 21 heavy (non-hydrogen) atoms. The van der Waals surface area contributed by atoms with Crippen LogP contribution in [-0.2, 0) is 23.1 Å². The summed E-state index contributed by atoms with van der Waals surface area (Å²) < 4.78 is 29.9. The van der Waals surface area contributed by atoms with Crippen LogP contribution in [0.3, 0.4) is 0 Å². The number of aromatic nitrogens is 1. The van der Waals surface area contributed by atoms with E-state index < -0.39 is 10.0 Å². The number of hydrogen-bond donors (Lipinski definition) is 2. The summed E-state index contributed by atoms with van der Waals surface area (Å²) in [5.41, 5.74) is 0.795. The van der Waals surface area contributed by atoms with Crippen LogP contribution in [-0.4, -0.2) is 24.6 Å². The normalized spacial score (nSPS) is 21.2. The van der Waals surface area contributed by atoms with Crippen LogP contribution in [0.2, 0.25) is 0 Å². The maximum Gasteiger partial charge on any atom is 0.242 e. The molecule has 1 aromatic rings. The Morgan fingerprint density at radius 3 is 2.62 bits per heavy atom. The summed E-state index contributed by atoms with van der Waals surface area (Å²) in [5.74, 6) is 0. The van der Waals surface area contributed by atoms with Gasteiger partial charge in [-0.1, -0.05) is 0 Å². The van der Waals surface area contributed by atoms with Gasteiger partial charge in [-0.15, -0.1) is 0 Å². The van der Waals surface area contributed by atoms with Gasteiger partial charge in [-0.3, -0.25) is 0 Å². The maximum absolute atomic E-state index is 12.5. The van der Waals surface area contributed by atoms with Crippen molar-refractivity contribution in [2.45, 2.75) is 75.5 Å². The van der Waals surface area contributed by atoms with Gasteiger partial charge in [0, 0.05) is 36.6 Å². The van der Waals surface area contributed by atoms with Crippen molar-refractivity contribution in [1.29, 1.82) is 0 Å². The Hall–Kier alpha value is -0.850. The Balaban J connectivity index is 1.76. The average Bonchev–Trinajstić information content (AvgIpc) is 3.12. The van der Waals surface area contributed by atoms with Crippen LogP contribution in [0.1, 0.15) is 51.6 Å². The number of sulfonamides is 1. The van der Waals surface area contributed by atoms with E-state index in [1.54, 1.807) is 6.20 Å². The molecule has 0 spiro atoms. The molecule has 0 saturated heterocycles. The van der Waals surface area contributed by atoms with E-state index in [2.05, 4.69) is 10.0 Å². The van der Waals surface area contributed by atoms with Gasteiger partial charge in [-0.05, 0) is 52.0 Å². The number of rotatable bonds is 7. The highest BCUT2D eigenvalue weighted by atomic mass is 32.2. The molecule has 1 heterocycles. The minimum absolute atomic E-state index is 0.250. The first-order chi connectivity index (χ1) is 9.92. The second kappa shape index (κ2) is 5.41. The van der Waals surface area contributed by atoms with Crippen LogP contribution in [0.25, 0.3) is 0 Å². The predicted octanol–water partition coefficient (Wildman–Crippen LogP) is 1.98. The van der Waals surface area contributed by atoms with Gasteiger partial charge >= 0.3 is 0 Å². The summed E-state index contributed by atoms with van der Waals surface area (Å²) in [4.78, 5) is 0.394. The number of aryl methyl sites for hydroxylation is 1.